The molecule has 1 aromatic rings. The van der Waals surface area contributed by atoms with Crippen molar-refractivity contribution >= 4 is 15.7 Å². The highest BCUT2D eigenvalue weighted by Crippen LogP contribution is 2.22. The van der Waals surface area contributed by atoms with E-state index in [2.05, 4.69) is 0 Å². The van der Waals surface area contributed by atoms with Crippen molar-refractivity contribution in [3.63, 3.8) is 0 Å². The van der Waals surface area contributed by atoms with E-state index >= 15 is 0 Å². The smallest absolute Gasteiger partial charge is 0.243 e. The zero-order valence-corrected chi connectivity index (χ0v) is 12.1. The molecule has 5 nitrogen and oxygen atoms in total. The maximum atomic E-state index is 13.6. The van der Waals surface area contributed by atoms with E-state index in [1.54, 1.807) is 0 Å². The van der Waals surface area contributed by atoms with E-state index < -0.39 is 15.8 Å². The molecule has 2 N–H and O–H groups in total. The Morgan fingerprint density at radius 2 is 2.05 bits per heavy atom. The highest BCUT2D eigenvalue weighted by atomic mass is 32.2. The molecule has 0 aliphatic carbocycles. The van der Waals surface area contributed by atoms with Crippen LogP contribution in [0.5, 0.6) is 0 Å². The van der Waals surface area contributed by atoms with Crippen molar-refractivity contribution in [3.8, 4) is 0 Å². The van der Waals surface area contributed by atoms with Crippen LogP contribution in [0, 0.1) is 12.7 Å². The third-order valence-electron chi connectivity index (χ3n) is 2.82. The Morgan fingerprint density at radius 1 is 1.42 bits per heavy atom. The van der Waals surface area contributed by atoms with Gasteiger partial charge >= 0.3 is 0 Å². The van der Waals surface area contributed by atoms with Crippen molar-refractivity contribution in [1.29, 1.82) is 0 Å². The summed E-state index contributed by atoms with van der Waals surface area (Å²) >= 11 is 0. The summed E-state index contributed by atoms with van der Waals surface area (Å²) in [5, 5.41) is 0. The van der Waals surface area contributed by atoms with Gasteiger partial charge in [0.25, 0.3) is 0 Å². The second-order valence-electron chi connectivity index (χ2n) is 4.14. The van der Waals surface area contributed by atoms with Crippen LogP contribution in [0.15, 0.2) is 17.0 Å². The Balaban J connectivity index is 3.00. The van der Waals surface area contributed by atoms with Gasteiger partial charge in [-0.3, -0.25) is 0 Å². The lowest BCUT2D eigenvalue weighted by atomic mass is 10.2. The molecule has 108 valence electrons. The first-order valence-corrected chi connectivity index (χ1v) is 7.34. The van der Waals surface area contributed by atoms with Gasteiger partial charge in [-0.2, -0.15) is 4.31 Å². The molecule has 0 radical (unpaired) electrons. The quantitative estimate of drug-likeness (QED) is 0.634. The number of hydrogen-bond acceptors (Lipinski definition) is 4. The predicted molar refractivity (Wildman–Crippen MR) is 71.9 cm³/mol. The van der Waals surface area contributed by atoms with E-state index in [1.165, 1.54) is 20.0 Å². The van der Waals surface area contributed by atoms with E-state index in [4.69, 9.17) is 10.5 Å². The number of anilines is 1. The van der Waals surface area contributed by atoms with Crippen molar-refractivity contribution in [2.45, 2.75) is 18.7 Å². The fraction of sp³-hybridized carbons (Fsp3) is 0.500. The van der Waals surface area contributed by atoms with Gasteiger partial charge in [0.2, 0.25) is 10.0 Å². The van der Waals surface area contributed by atoms with Gasteiger partial charge in [-0.1, -0.05) is 0 Å². The fourth-order valence-electron chi connectivity index (χ4n) is 1.46. The number of ether oxygens (including phenoxy) is 1. The minimum atomic E-state index is -3.75. The third kappa shape index (κ3) is 3.65. The van der Waals surface area contributed by atoms with Gasteiger partial charge in [0.05, 0.1) is 11.5 Å². The van der Waals surface area contributed by atoms with Crippen molar-refractivity contribution in [1.82, 2.24) is 4.31 Å². The number of halogens is 1. The van der Waals surface area contributed by atoms with Crippen LogP contribution in [0.3, 0.4) is 0 Å². The zero-order valence-electron chi connectivity index (χ0n) is 11.3. The Kier molecular flexibility index (Phi) is 5.28. The summed E-state index contributed by atoms with van der Waals surface area (Å²) in [6.45, 7) is 4.33. The number of likely N-dealkylation sites (N-methyl/N-ethyl adjacent to an activating group) is 1. The number of sulfonamides is 1. The second-order valence-corrected chi connectivity index (χ2v) is 6.19. The molecule has 0 saturated carbocycles. The van der Waals surface area contributed by atoms with Gasteiger partial charge in [0.1, 0.15) is 5.82 Å². The SMILES string of the molecule is CCOCCN(C)S(=O)(=O)c1cc(N)c(C)c(F)c1. The van der Waals surface area contributed by atoms with Crippen LogP contribution in [0.2, 0.25) is 0 Å². The van der Waals surface area contributed by atoms with E-state index in [9.17, 15) is 12.8 Å². The molecule has 0 atom stereocenters. The first kappa shape index (κ1) is 15.9. The summed E-state index contributed by atoms with van der Waals surface area (Å²) in [5.41, 5.74) is 5.96. The number of nitrogens with two attached hydrogens (primary N) is 1. The Morgan fingerprint density at radius 3 is 2.58 bits per heavy atom. The summed E-state index contributed by atoms with van der Waals surface area (Å²) in [6.07, 6.45) is 0. The van der Waals surface area contributed by atoms with Gasteiger partial charge < -0.3 is 10.5 Å². The number of nitrogens with zero attached hydrogens (tertiary/aromatic N) is 1. The summed E-state index contributed by atoms with van der Waals surface area (Å²) in [7, 11) is -2.33. The van der Waals surface area contributed by atoms with E-state index in [1.807, 2.05) is 6.92 Å². The maximum Gasteiger partial charge on any atom is 0.243 e. The molecule has 0 heterocycles. The average molecular weight is 290 g/mol. The molecule has 7 heteroatoms. The molecule has 0 bridgehead atoms. The first-order chi connectivity index (χ1) is 8.80. The Hall–Kier alpha value is -1.18. The standard InChI is InChI=1S/C12H19FN2O3S/c1-4-18-6-5-15(3)19(16,17)10-7-11(13)9(2)12(14)8-10/h7-8H,4-6,14H2,1-3H3. The summed E-state index contributed by atoms with van der Waals surface area (Å²) in [6, 6.07) is 2.25. The molecule has 1 aromatic carbocycles. The molecule has 0 aromatic heterocycles. The Labute approximate surface area is 113 Å². The fourth-order valence-corrected chi connectivity index (χ4v) is 2.66. The molecular formula is C12H19FN2O3S. The predicted octanol–water partition coefficient (Wildman–Crippen LogP) is 1.37. The van der Waals surface area contributed by atoms with Crippen LogP contribution < -0.4 is 5.73 Å². The van der Waals surface area contributed by atoms with Gasteiger partial charge in [-0.05, 0) is 26.0 Å². The van der Waals surface area contributed by atoms with Crippen LogP contribution in [0.25, 0.3) is 0 Å². The largest absolute Gasteiger partial charge is 0.398 e. The zero-order chi connectivity index (χ0) is 14.6. The molecular weight excluding hydrogens is 271 g/mol. The lowest BCUT2D eigenvalue weighted by Crippen LogP contribution is -2.30. The van der Waals surface area contributed by atoms with Crippen molar-refractivity contribution < 1.29 is 17.5 Å². The summed E-state index contributed by atoms with van der Waals surface area (Å²) < 4.78 is 44.1. The molecule has 0 saturated heterocycles. The van der Waals surface area contributed by atoms with Crippen LogP contribution in [-0.2, 0) is 14.8 Å². The molecule has 0 aliphatic heterocycles. The highest BCUT2D eigenvalue weighted by molar-refractivity contribution is 7.89. The van der Waals surface area contributed by atoms with E-state index in [0.29, 0.717) is 6.61 Å². The van der Waals surface area contributed by atoms with Crippen LogP contribution in [-0.4, -0.2) is 39.5 Å². The minimum absolute atomic E-state index is 0.122. The number of rotatable bonds is 6. The van der Waals surface area contributed by atoms with Crippen LogP contribution >= 0.6 is 0 Å². The lowest BCUT2D eigenvalue weighted by Gasteiger charge is -2.17. The molecule has 0 spiro atoms. The minimum Gasteiger partial charge on any atom is -0.398 e. The molecule has 0 aliphatic rings. The van der Waals surface area contributed by atoms with Crippen LogP contribution in [0.4, 0.5) is 10.1 Å². The molecule has 0 unspecified atom stereocenters. The highest BCUT2D eigenvalue weighted by Gasteiger charge is 2.22. The van der Waals surface area contributed by atoms with E-state index in [-0.39, 0.29) is 29.3 Å². The molecule has 0 amide bonds. The number of hydrogen-bond donors (Lipinski definition) is 1. The van der Waals surface area contributed by atoms with Gasteiger partial charge in [-0.15, -0.1) is 0 Å². The molecule has 19 heavy (non-hydrogen) atoms. The topological polar surface area (TPSA) is 72.6 Å². The van der Waals surface area contributed by atoms with Crippen LogP contribution in [0.1, 0.15) is 12.5 Å². The number of nitrogen functional groups attached to an aromatic ring is 1. The van der Waals surface area contributed by atoms with Gasteiger partial charge in [-0.25, -0.2) is 12.8 Å². The van der Waals surface area contributed by atoms with Gasteiger partial charge in [0, 0.05) is 31.5 Å². The van der Waals surface area contributed by atoms with Crippen molar-refractivity contribution in [2.24, 2.45) is 0 Å². The average Bonchev–Trinajstić information content (AvgIpc) is 2.35. The monoisotopic (exact) mass is 290 g/mol. The van der Waals surface area contributed by atoms with Crippen molar-refractivity contribution in [2.75, 3.05) is 32.5 Å². The van der Waals surface area contributed by atoms with E-state index in [0.717, 1.165) is 10.4 Å². The van der Waals surface area contributed by atoms with Gasteiger partial charge in [0.15, 0.2) is 0 Å². The molecule has 1 rings (SSSR count). The van der Waals surface area contributed by atoms with Crippen molar-refractivity contribution in [3.05, 3.63) is 23.5 Å². The maximum absolute atomic E-state index is 13.6. The summed E-state index contributed by atoms with van der Waals surface area (Å²) in [5.74, 6) is -0.628. The lowest BCUT2D eigenvalue weighted by molar-refractivity contribution is 0.138. The molecule has 0 fully saturated rings. The normalized spacial score (nSPS) is 12.1. The first-order valence-electron chi connectivity index (χ1n) is 5.90. The third-order valence-corrected chi connectivity index (χ3v) is 4.66. The number of benzene rings is 1. The second kappa shape index (κ2) is 6.31. The Bertz CT molecular complexity index is 523. The summed E-state index contributed by atoms with van der Waals surface area (Å²) in [4.78, 5) is -0.146.